The number of thioether (sulfide) groups is 1. The minimum atomic E-state index is -3.55. The number of amides is 1. The lowest BCUT2D eigenvalue weighted by atomic mass is 10.2. The molecule has 1 N–H and O–H groups in total. The summed E-state index contributed by atoms with van der Waals surface area (Å²) in [6.45, 7) is 1.05. The van der Waals surface area contributed by atoms with Crippen LogP contribution in [-0.4, -0.2) is 37.5 Å². The number of carbonyl (C=O) groups is 1. The summed E-state index contributed by atoms with van der Waals surface area (Å²) in [5, 5.41) is 2.68. The highest BCUT2D eigenvalue weighted by Gasteiger charge is 2.26. The van der Waals surface area contributed by atoms with E-state index in [2.05, 4.69) is 5.32 Å². The van der Waals surface area contributed by atoms with Gasteiger partial charge in [0.2, 0.25) is 15.9 Å². The highest BCUT2D eigenvalue weighted by Crippen LogP contribution is 2.24. The van der Waals surface area contributed by atoms with Crippen LogP contribution in [0.3, 0.4) is 0 Å². The zero-order valence-electron chi connectivity index (χ0n) is 14.7. The summed E-state index contributed by atoms with van der Waals surface area (Å²) in [5.74, 6) is -0.662. The Morgan fingerprint density at radius 1 is 1.07 bits per heavy atom. The van der Waals surface area contributed by atoms with Crippen LogP contribution in [0.4, 0.5) is 10.1 Å². The van der Waals surface area contributed by atoms with Gasteiger partial charge in [0.15, 0.2) is 0 Å². The van der Waals surface area contributed by atoms with Gasteiger partial charge in [-0.3, -0.25) is 4.79 Å². The summed E-state index contributed by atoms with van der Waals surface area (Å²) in [5.41, 5.74) is 0.409. The van der Waals surface area contributed by atoms with Crippen LogP contribution in [0.25, 0.3) is 0 Å². The Kier molecular flexibility index (Phi) is 6.51. The molecule has 1 heterocycles. The second-order valence-electron chi connectivity index (χ2n) is 6.26. The first-order valence-corrected chi connectivity index (χ1v) is 11.2. The van der Waals surface area contributed by atoms with Gasteiger partial charge in [0.25, 0.3) is 0 Å². The monoisotopic (exact) mass is 408 g/mol. The molecule has 1 fully saturated rings. The maximum Gasteiger partial charge on any atom is 0.243 e. The van der Waals surface area contributed by atoms with E-state index in [-0.39, 0.29) is 22.4 Å². The Hall–Kier alpha value is -1.90. The smallest absolute Gasteiger partial charge is 0.243 e. The van der Waals surface area contributed by atoms with Gasteiger partial charge in [0.1, 0.15) is 5.82 Å². The number of sulfonamides is 1. The molecule has 0 aromatic heterocycles. The third kappa shape index (κ3) is 5.09. The van der Waals surface area contributed by atoms with Crippen LogP contribution < -0.4 is 5.32 Å². The molecule has 1 saturated heterocycles. The fraction of sp³-hybridized carbons (Fsp3) is 0.316. The van der Waals surface area contributed by atoms with Gasteiger partial charge in [0.05, 0.1) is 10.6 Å². The Labute approximate surface area is 163 Å². The number of hydrogen-bond donors (Lipinski definition) is 1. The Morgan fingerprint density at radius 2 is 1.81 bits per heavy atom. The highest BCUT2D eigenvalue weighted by atomic mass is 32.2. The quantitative estimate of drug-likeness (QED) is 0.740. The number of rotatable bonds is 6. The highest BCUT2D eigenvalue weighted by molar-refractivity contribution is 8.00. The molecule has 2 aromatic carbocycles. The molecular weight excluding hydrogens is 387 g/mol. The zero-order chi connectivity index (χ0) is 19.3. The number of hydrogen-bond acceptors (Lipinski definition) is 4. The zero-order valence-corrected chi connectivity index (χ0v) is 16.4. The normalized spacial score (nSPS) is 15.4. The van der Waals surface area contributed by atoms with Crippen LogP contribution >= 0.6 is 11.8 Å². The molecule has 2 aromatic rings. The van der Waals surface area contributed by atoms with E-state index in [0.29, 0.717) is 23.7 Å². The number of halogens is 1. The van der Waals surface area contributed by atoms with Crippen molar-refractivity contribution in [2.75, 3.05) is 24.2 Å². The summed E-state index contributed by atoms with van der Waals surface area (Å²) >= 11 is 1.09. The lowest BCUT2D eigenvalue weighted by molar-refractivity contribution is -0.113. The van der Waals surface area contributed by atoms with E-state index in [1.165, 1.54) is 22.5 Å². The first kappa shape index (κ1) is 19.9. The van der Waals surface area contributed by atoms with E-state index < -0.39 is 10.0 Å². The predicted octanol–water partition coefficient (Wildman–Crippen LogP) is 3.73. The van der Waals surface area contributed by atoms with Crippen molar-refractivity contribution < 1.29 is 17.6 Å². The number of anilines is 1. The second-order valence-corrected chi connectivity index (χ2v) is 9.21. The molecule has 0 radical (unpaired) electrons. The average molecular weight is 409 g/mol. The first-order chi connectivity index (χ1) is 13.0. The number of nitrogens with zero attached hydrogens (tertiary/aromatic N) is 1. The third-order valence-electron chi connectivity index (χ3n) is 4.27. The van der Waals surface area contributed by atoms with Crippen molar-refractivity contribution >= 4 is 33.4 Å². The standard InChI is InChI=1S/C19H21FN2O3S2/c20-17-9-2-3-10-18(17)26-14-19(23)21-15-7-6-8-16(13-15)27(24,25)22-11-4-1-5-12-22/h2-3,6-10,13H,1,4-5,11-12,14H2,(H,21,23). The van der Waals surface area contributed by atoms with Crippen LogP contribution in [0.1, 0.15) is 19.3 Å². The molecule has 8 heteroatoms. The van der Waals surface area contributed by atoms with Gasteiger partial charge in [-0.1, -0.05) is 24.6 Å². The number of nitrogens with one attached hydrogen (secondary N) is 1. The van der Waals surface area contributed by atoms with E-state index in [0.717, 1.165) is 31.0 Å². The molecule has 0 spiro atoms. The summed E-state index contributed by atoms with van der Waals surface area (Å²) < 4.78 is 40.6. The maximum absolute atomic E-state index is 13.6. The molecule has 27 heavy (non-hydrogen) atoms. The Balaban J connectivity index is 1.65. The van der Waals surface area contributed by atoms with Gasteiger partial charge in [0, 0.05) is 23.7 Å². The molecule has 1 aliphatic heterocycles. The van der Waals surface area contributed by atoms with Crippen molar-refractivity contribution in [3.63, 3.8) is 0 Å². The molecule has 0 bridgehead atoms. The topological polar surface area (TPSA) is 66.5 Å². The van der Waals surface area contributed by atoms with Crippen molar-refractivity contribution in [3.05, 3.63) is 54.3 Å². The number of piperidine rings is 1. The van der Waals surface area contributed by atoms with Crippen molar-refractivity contribution in [2.45, 2.75) is 29.1 Å². The molecule has 0 atom stereocenters. The van der Waals surface area contributed by atoms with Gasteiger partial charge in [-0.15, -0.1) is 11.8 Å². The second kappa shape index (κ2) is 8.86. The van der Waals surface area contributed by atoms with Gasteiger partial charge in [-0.25, -0.2) is 12.8 Å². The minimum absolute atomic E-state index is 0.0318. The lowest BCUT2D eigenvalue weighted by Gasteiger charge is -2.26. The first-order valence-electron chi connectivity index (χ1n) is 8.74. The van der Waals surface area contributed by atoms with Crippen molar-refractivity contribution in [3.8, 4) is 0 Å². The van der Waals surface area contributed by atoms with E-state index in [1.54, 1.807) is 30.3 Å². The van der Waals surface area contributed by atoms with E-state index in [9.17, 15) is 17.6 Å². The molecule has 0 unspecified atom stereocenters. The fourth-order valence-electron chi connectivity index (χ4n) is 2.89. The maximum atomic E-state index is 13.6. The van der Waals surface area contributed by atoms with Crippen LogP contribution in [0, 0.1) is 5.82 Å². The van der Waals surface area contributed by atoms with Crippen LogP contribution in [0.15, 0.2) is 58.3 Å². The summed E-state index contributed by atoms with van der Waals surface area (Å²) in [6.07, 6.45) is 2.77. The van der Waals surface area contributed by atoms with Crippen LogP contribution in [0.5, 0.6) is 0 Å². The largest absolute Gasteiger partial charge is 0.325 e. The molecule has 3 rings (SSSR count). The van der Waals surface area contributed by atoms with Gasteiger partial charge < -0.3 is 5.32 Å². The van der Waals surface area contributed by atoms with Crippen molar-refractivity contribution in [1.29, 1.82) is 0 Å². The summed E-state index contributed by atoms with van der Waals surface area (Å²) in [7, 11) is -3.55. The van der Waals surface area contributed by atoms with Gasteiger partial charge in [-0.2, -0.15) is 4.31 Å². The van der Waals surface area contributed by atoms with Gasteiger partial charge >= 0.3 is 0 Å². The molecule has 1 amide bonds. The Bertz CT molecular complexity index is 913. The minimum Gasteiger partial charge on any atom is -0.325 e. The molecule has 0 aliphatic carbocycles. The van der Waals surface area contributed by atoms with Gasteiger partial charge in [-0.05, 0) is 43.2 Å². The average Bonchev–Trinajstić information content (AvgIpc) is 2.68. The lowest BCUT2D eigenvalue weighted by Crippen LogP contribution is -2.35. The molecular formula is C19H21FN2O3S2. The predicted molar refractivity (Wildman–Crippen MR) is 105 cm³/mol. The van der Waals surface area contributed by atoms with E-state index in [1.807, 2.05) is 0 Å². The van der Waals surface area contributed by atoms with Crippen LogP contribution in [0.2, 0.25) is 0 Å². The van der Waals surface area contributed by atoms with Crippen molar-refractivity contribution in [1.82, 2.24) is 4.31 Å². The van der Waals surface area contributed by atoms with E-state index >= 15 is 0 Å². The van der Waals surface area contributed by atoms with Crippen molar-refractivity contribution in [2.24, 2.45) is 0 Å². The SMILES string of the molecule is O=C(CSc1ccccc1F)Nc1cccc(S(=O)(=O)N2CCCCC2)c1. The number of carbonyl (C=O) groups excluding carboxylic acids is 1. The Morgan fingerprint density at radius 3 is 2.56 bits per heavy atom. The summed E-state index contributed by atoms with van der Waals surface area (Å²) in [4.78, 5) is 12.7. The molecule has 144 valence electrons. The third-order valence-corrected chi connectivity index (χ3v) is 7.21. The molecule has 5 nitrogen and oxygen atoms in total. The molecule has 1 aliphatic rings. The van der Waals surface area contributed by atoms with Crippen LogP contribution in [-0.2, 0) is 14.8 Å². The molecule has 0 saturated carbocycles. The number of benzene rings is 2. The summed E-state index contributed by atoms with van der Waals surface area (Å²) in [6, 6.07) is 12.5. The fourth-order valence-corrected chi connectivity index (χ4v) is 5.19. The van der Waals surface area contributed by atoms with E-state index in [4.69, 9.17) is 0 Å².